The summed E-state index contributed by atoms with van der Waals surface area (Å²) in [7, 11) is 1.64. The van der Waals surface area contributed by atoms with Gasteiger partial charge in [-0.05, 0) is 36.9 Å². The molecule has 1 aliphatic rings. The van der Waals surface area contributed by atoms with E-state index in [0.29, 0.717) is 17.7 Å². The minimum atomic E-state index is 0.154. The van der Waals surface area contributed by atoms with Gasteiger partial charge >= 0.3 is 0 Å². The SMILES string of the molecule is COc1ccc(C2OCCCC2CNCC(C)C)cn1. The average molecular weight is 278 g/mol. The number of hydrogen-bond acceptors (Lipinski definition) is 4. The second-order valence-corrected chi connectivity index (χ2v) is 5.88. The fraction of sp³-hybridized carbons (Fsp3) is 0.688. The van der Waals surface area contributed by atoms with E-state index >= 15 is 0 Å². The second kappa shape index (κ2) is 7.60. The first-order chi connectivity index (χ1) is 9.70. The van der Waals surface area contributed by atoms with Gasteiger partial charge in [0.05, 0.1) is 13.2 Å². The Balaban J connectivity index is 1.98. The van der Waals surface area contributed by atoms with Crippen molar-refractivity contribution in [2.45, 2.75) is 32.8 Å². The number of nitrogens with zero attached hydrogens (tertiary/aromatic N) is 1. The summed E-state index contributed by atoms with van der Waals surface area (Å²) in [5.41, 5.74) is 1.15. The molecular weight excluding hydrogens is 252 g/mol. The Hall–Kier alpha value is -1.13. The third kappa shape index (κ3) is 4.18. The summed E-state index contributed by atoms with van der Waals surface area (Å²) in [6, 6.07) is 3.98. The lowest BCUT2D eigenvalue weighted by atomic mass is 9.90. The predicted octanol–water partition coefficient (Wildman–Crippen LogP) is 2.80. The van der Waals surface area contributed by atoms with Crippen molar-refractivity contribution in [3.8, 4) is 5.88 Å². The number of aromatic nitrogens is 1. The summed E-state index contributed by atoms with van der Waals surface area (Å²) in [5.74, 6) is 1.86. The van der Waals surface area contributed by atoms with Crippen LogP contribution in [0.1, 0.15) is 38.4 Å². The van der Waals surface area contributed by atoms with Crippen molar-refractivity contribution in [2.24, 2.45) is 11.8 Å². The molecule has 0 spiro atoms. The smallest absolute Gasteiger partial charge is 0.212 e. The third-order valence-corrected chi connectivity index (χ3v) is 3.70. The average Bonchev–Trinajstić information content (AvgIpc) is 2.47. The fourth-order valence-corrected chi connectivity index (χ4v) is 2.66. The van der Waals surface area contributed by atoms with Gasteiger partial charge in [-0.2, -0.15) is 0 Å². The maximum atomic E-state index is 5.99. The minimum absolute atomic E-state index is 0.154. The summed E-state index contributed by atoms with van der Waals surface area (Å²) in [6.07, 6.45) is 4.39. The van der Waals surface area contributed by atoms with E-state index in [4.69, 9.17) is 9.47 Å². The topological polar surface area (TPSA) is 43.4 Å². The van der Waals surface area contributed by atoms with Crippen LogP contribution in [-0.4, -0.2) is 31.8 Å². The maximum Gasteiger partial charge on any atom is 0.212 e. The zero-order chi connectivity index (χ0) is 14.4. The van der Waals surface area contributed by atoms with Gasteiger partial charge in [-0.15, -0.1) is 0 Å². The number of hydrogen-bond donors (Lipinski definition) is 1. The molecule has 2 unspecified atom stereocenters. The van der Waals surface area contributed by atoms with E-state index in [0.717, 1.165) is 31.7 Å². The van der Waals surface area contributed by atoms with Gasteiger partial charge in [0.15, 0.2) is 0 Å². The van der Waals surface area contributed by atoms with Gasteiger partial charge in [0, 0.05) is 31.3 Å². The Kier molecular flexibility index (Phi) is 5.80. The molecule has 4 nitrogen and oxygen atoms in total. The summed E-state index contributed by atoms with van der Waals surface area (Å²) in [4.78, 5) is 4.29. The lowest BCUT2D eigenvalue weighted by Gasteiger charge is -2.32. The summed E-state index contributed by atoms with van der Waals surface area (Å²) in [5, 5.41) is 3.55. The first kappa shape index (κ1) is 15.3. The third-order valence-electron chi connectivity index (χ3n) is 3.70. The molecule has 1 aromatic rings. The Morgan fingerprint density at radius 1 is 1.45 bits per heavy atom. The quantitative estimate of drug-likeness (QED) is 0.869. The van der Waals surface area contributed by atoms with E-state index < -0.39 is 0 Å². The van der Waals surface area contributed by atoms with Crippen LogP contribution < -0.4 is 10.1 Å². The lowest BCUT2D eigenvalue weighted by molar-refractivity contribution is -0.0281. The van der Waals surface area contributed by atoms with Crippen LogP contribution in [0.15, 0.2) is 18.3 Å². The van der Waals surface area contributed by atoms with E-state index in [1.807, 2.05) is 12.3 Å². The molecule has 1 fully saturated rings. The molecule has 2 rings (SSSR count). The zero-order valence-electron chi connectivity index (χ0n) is 12.8. The van der Waals surface area contributed by atoms with Crippen molar-refractivity contribution in [2.75, 3.05) is 26.8 Å². The van der Waals surface area contributed by atoms with E-state index in [9.17, 15) is 0 Å². The van der Waals surface area contributed by atoms with E-state index in [-0.39, 0.29) is 6.10 Å². The minimum Gasteiger partial charge on any atom is -0.481 e. The van der Waals surface area contributed by atoms with Crippen molar-refractivity contribution in [1.82, 2.24) is 10.3 Å². The standard InChI is InChI=1S/C16H26N2O2/c1-12(2)9-17-10-13-5-4-8-20-16(13)14-6-7-15(19-3)18-11-14/h6-7,11-13,16-17H,4-5,8-10H2,1-3H3. The van der Waals surface area contributed by atoms with Gasteiger partial charge in [0.1, 0.15) is 0 Å². The molecule has 0 amide bonds. The number of ether oxygens (including phenoxy) is 2. The monoisotopic (exact) mass is 278 g/mol. The largest absolute Gasteiger partial charge is 0.481 e. The summed E-state index contributed by atoms with van der Waals surface area (Å²) >= 11 is 0. The highest BCUT2D eigenvalue weighted by atomic mass is 16.5. The van der Waals surface area contributed by atoms with Crippen LogP contribution in [0.4, 0.5) is 0 Å². The normalized spacial score (nSPS) is 23.0. The van der Waals surface area contributed by atoms with Crippen LogP contribution in [-0.2, 0) is 4.74 Å². The molecule has 0 bridgehead atoms. The van der Waals surface area contributed by atoms with Crippen molar-refractivity contribution < 1.29 is 9.47 Å². The number of rotatable bonds is 6. The van der Waals surface area contributed by atoms with Crippen molar-refractivity contribution in [3.05, 3.63) is 23.9 Å². The van der Waals surface area contributed by atoms with Crippen LogP contribution >= 0.6 is 0 Å². The molecule has 0 aliphatic carbocycles. The number of nitrogens with one attached hydrogen (secondary N) is 1. The molecule has 1 aromatic heterocycles. The van der Waals surface area contributed by atoms with Crippen LogP contribution in [0.3, 0.4) is 0 Å². The Bertz CT molecular complexity index is 392. The van der Waals surface area contributed by atoms with Gasteiger partial charge in [-0.25, -0.2) is 4.98 Å². The Morgan fingerprint density at radius 2 is 2.30 bits per heavy atom. The number of pyridine rings is 1. The lowest BCUT2D eigenvalue weighted by Crippen LogP contribution is -2.33. The molecule has 2 heterocycles. The molecular formula is C16H26N2O2. The van der Waals surface area contributed by atoms with Gasteiger partial charge in [0.25, 0.3) is 0 Å². The van der Waals surface area contributed by atoms with Gasteiger partial charge < -0.3 is 14.8 Å². The summed E-state index contributed by atoms with van der Waals surface area (Å²) < 4.78 is 11.1. The number of methoxy groups -OCH3 is 1. The Labute approximate surface area is 121 Å². The molecule has 0 saturated carbocycles. The maximum absolute atomic E-state index is 5.99. The molecule has 2 atom stereocenters. The first-order valence-corrected chi connectivity index (χ1v) is 7.53. The molecule has 0 radical (unpaired) electrons. The molecule has 1 N–H and O–H groups in total. The predicted molar refractivity (Wildman–Crippen MR) is 79.9 cm³/mol. The van der Waals surface area contributed by atoms with Crippen LogP contribution in [0.5, 0.6) is 5.88 Å². The van der Waals surface area contributed by atoms with Crippen molar-refractivity contribution >= 4 is 0 Å². The molecule has 1 saturated heterocycles. The molecule has 1 aliphatic heterocycles. The second-order valence-electron chi connectivity index (χ2n) is 5.88. The van der Waals surface area contributed by atoms with Crippen molar-refractivity contribution in [3.63, 3.8) is 0 Å². The van der Waals surface area contributed by atoms with Crippen LogP contribution in [0.2, 0.25) is 0 Å². The summed E-state index contributed by atoms with van der Waals surface area (Å²) in [6.45, 7) is 7.38. The molecule has 112 valence electrons. The van der Waals surface area contributed by atoms with Gasteiger partial charge in [0.2, 0.25) is 5.88 Å². The van der Waals surface area contributed by atoms with E-state index in [1.54, 1.807) is 7.11 Å². The van der Waals surface area contributed by atoms with Gasteiger partial charge in [-0.1, -0.05) is 13.8 Å². The molecule has 0 aromatic carbocycles. The highest BCUT2D eigenvalue weighted by Gasteiger charge is 2.27. The fourth-order valence-electron chi connectivity index (χ4n) is 2.66. The van der Waals surface area contributed by atoms with Crippen LogP contribution in [0, 0.1) is 11.8 Å². The van der Waals surface area contributed by atoms with Gasteiger partial charge in [-0.3, -0.25) is 0 Å². The van der Waals surface area contributed by atoms with Crippen LogP contribution in [0.25, 0.3) is 0 Å². The van der Waals surface area contributed by atoms with E-state index in [2.05, 4.69) is 30.2 Å². The molecule has 4 heteroatoms. The first-order valence-electron chi connectivity index (χ1n) is 7.53. The molecule has 20 heavy (non-hydrogen) atoms. The zero-order valence-corrected chi connectivity index (χ0v) is 12.8. The van der Waals surface area contributed by atoms with Crippen molar-refractivity contribution in [1.29, 1.82) is 0 Å². The highest BCUT2D eigenvalue weighted by molar-refractivity contribution is 5.20. The van der Waals surface area contributed by atoms with E-state index in [1.165, 1.54) is 6.42 Å². The highest BCUT2D eigenvalue weighted by Crippen LogP contribution is 2.33. The Morgan fingerprint density at radius 3 is 2.95 bits per heavy atom.